The molecule has 0 saturated heterocycles. The van der Waals surface area contributed by atoms with Crippen molar-refractivity contribution in [2.24, 2.45) is 0 Å². The quantitative estimate of drug-likeness (QED) is 0.830. The van der Waals surface area contributed by atoms with E-state index >= 15 is 0 Å². The largest absolute Gasteiger partial charge is 0.407 e. The fourth-order valence-electron chi connectivity index (χ4n) is 1.34. The fraction of sp³-hybridized carbons (Fsp3) is 0.833. The molecule has 0 spiro atoms. The highest BCUT2D eigenvalue weighted by Gasteiger charge is 2.17. The summed E-state index contributed by atoms with van der Waals surface area (Å²) < 4.78 is 10.7. The van der Waals surface area contributed by atoms with Crippen molar-refractivity contribution in [2.75, 3.05) is 25.7 Å². The van der Waals surface area contributed by atoms with E-state index < -0.39 is 0 Å². The first-order valence-corrected chi connectivity index (χ1v) is 6.12. The van der Waals surface area contributed by atoms with Crippen molar-refractivity contribution in [1.29, 1.82) is 0 Å². The third kappa shape index (κ3) is 4.62. The van der Waals surface area contributed by atoms with Gasteiger partial charge in [0, 0.05) is 19.7 Å². The molecule has 0 aromatic carbocycles. The van der Waals surface area contributed by atoms with E-state index in [0.717, 1.165) is 0 Å². The lowest BCUT2D eigenvalue weighted by Crippen LogP contribution is -2.35. The number of hydrogen-bond donors (Lipinski definition) is 1. The Balaban J connectivity index is 2.57. The lowest BCUT2D eigenvalue weighted by Gasteiger charge is -2.21. The van der Waals surface area contributed by atoms with Gasteiger partial charge < -0.3 is 19.4 Å². The van der Waals surface area contributed by atoms with Crippen molar-refractivity contribution in [1.82, 2.24) is 15.5 Å². The van der Waals surface area contributed by atoms with Crippen LogP contribution in [0.3, 0.4) is 0 Å². The van der Waals surface area contributed by atoms with Gasteiger partial charge in [-0.2, -0.15) is 0 Å². The van der Waals surface area contributed by atoms with Gasteiger partial charge in [0.15, 0.2) is 0 Å². The minimum absolute atomic E-state index is 0.0316. The standard InChI is InChI=1S/C12H24N4O2/c1-9(8-17-6)16(5)11-15-14-10(18-11)7-13-12(2,3)4/h9,13H,7-8H2,1-6H3. The number of anilines is 1. The van der Waals surface area contributed by atoms with Gasteiger partial charge in [0.25, 0.3) is 0 Å². The molecule has 1 rings (SSSR count). The number of nitrogens with one attached hydrogen (secondary N) is 1. The van der Waals surface area contributed by atoms with Gasteiger partial charge in [-0.15, -0.1) is 5.10 Å². The van der Waals surface area contributed by atoms with Crippen molar-refractivity contribution in [3.8, 4) is 0 Å². The molecule has 0 saturated carbocycles. The van der Waals surface area contributed by atoms with E-state index in [0.29, 0.717) is 25.1 Å². The van der Waals surface area contributed by atoms with Crippen LogP contribution in [0.4, 0.5) is 6.01 Å². The van der Waals surface area contributed by atoms with E-state index in [-0.39, 0.29) is 11.6 Å². The van der Waals surface area contributed by atoms with Gasteiger partial charge in [-0.3, -0.25) is 0 Å². The first-order chi connectivity index (χ1) is 8.33. The van der Waals surface area contributed by atoms with Crippen molar-refractivity contribution in [3.63, 3.8) is 0 Å². The molecule has 0 aliphatic carbocycles. The van der Waals surface area contributed by atoms with E-state index in [1.54, 1.807) is 7.11 Å². The van der Waals surface area contributed by atoms with Crippen LogP contribution in [0.15, 0.2) is 4.42 Å². The Hall–Kier alpha value is -1.14. The van der Waals surface area contributed by atoms with Crippen molar-refractivity contribution >= 4 is 6.01 Å². The molecule has 1 aromatic heterocycles. The second kappa shape index (κ2) is 6.15. The molecular formula is C12H24N4O2. The molecule has 1 N–H and O–H groups in total. The zero-order chi connectivity index (χ0) is 13.8. The second-order valence-electron chi connectivity index (χ2n) is 5.50. The summed E-state index contributed by atoms with van der Waals surface area (Å²) >= 11 is 0. The highest BCUT2D eigenvalue weighted by atomic mass is 16.5. The third-order valence-corrected chi connectivity index (χ3v) is 2.60. The van der Waals surface area contributed by atoms with E-state index in [9.17, 15) is 0 Å². The maximum Gasteiger partial charge on any atom is 0.318 e. The van der Waals surface area contributed by atoms with Crippen LogP contribution >= 0.6 is 0 Å². The molecule has 6 heteroatoms. The molecule has 1 aromatic rings. The Kier molecular flexibility index (Phi) is 5.10. The smallest absolute Gasteiger partial charge is 0.318 e. The van der Waals surface area contributed by atoms with Gasteiger partial charge in [0.05, 0.1) is 19.2 Å². The minimum atomic E-state index is 0.0316. The van der Waals surface area contributed by atoms with Crippen molar-refractivity contribution < 1.29 is 9.15 Å². The summed E-state index contributed by atoms with van der Waals surface area (Å²) in [6.45, 7) is 9.52. The molecule has 0 bridgehead atoms. The molecule has 0 amide bonds. The molecule has 1 unspecified atom stereocenters. The molecule has 1 heterocycles. The van der Waals surface area contributed by atoms with Gasteiger partial charge in [0.1, 0.15) is 0 Å². The Morgan fingerprint density at radius 1 is 1.39 bits per heavy atom. The number of nitrogens with zero attached hydrogens (tertiary/aromatic N) is 3. The summed E-state index contributed by atoms with van der Waals surface area (Å²) in [5, 5.41) is 11.4. The topological polar surface area (TPSA) is 63.4 Å². The van der Waals surface area contributed by atoms with E-state index in [2.05, 4.69) is 36.3 Å². The SMILES string of the molecule is COCC(C)N(C)c1nnc(CNC(C)(C)C)o1. The van der Waals surface area contributed by atoms with E-state index in [1.165, 1.54) is 0 Å². The molecule has 104 valence electrons. The average molecular weight is 256 g/mol. The maximum absolute atomic E-state index is 5.59. The lowest BCUT2D eigenvalue weighted by atomic mass is 10.1. The lowest BCUT2D eigenvalue weighted by molar-refractivity contribution is 0.181. The normalized spacial score (nSPS) is 13.7. The first kappa shape index (κ1) is 14.9. The molecular weight excluding hydrogens is 232 g/mol. The number of likely N-dealkylation sites (N-methyl/N-ethyl adjacent to an activating group) is 1. The van der Waals surface area contributed by atoms with Crippen LogP contribution in [0.25, 0.3) is 0 Å². The zero-order valence-corrected chi connectivity index (χ0v) is 12.1. The molecule has 0 aliphatic heterocycles. The number of rotatable bonds is 6. The van der Waals surface area contributed by atoms with Crippen molar-refractivity contribution in [3.05, 3.63) is 5.89 Å². The summed E-state index contributed by atoms with van der Waals surface area (Å²) in [4.78, 5) is 1.91. The Morgan fingerprint density at radius 3 is 2.61 bits per heavy atom. The van der Waals surface area contributed by atoms with Crippen LogP contribution in [-0.4, -0.2) is 42.5 Å². The number of methoxy groups -OCH3 is 1. The summed E-state index contributed by atoms with van der Waals surface area (Å²) in [6.07, 6.45) is 0. The van der Waals surface area contributed by atoms with Crippen LogP contribution < -0.4 is 10.2 Å². The van der Waals surface area contributed by atoms with E-state index in [1.807, 2.05) is 18.9 Å². The number of ether oxygens (including phenoxy) is 1. The van der Waals surface area contributed by atoms with Crippen LogP contribution in [0.1, 0.15) is 33.6 Å². The van der Waals surface area contributed by atoms with Gasteiger partial charge in [-0.1, -0.05) is 5.10 Å². The zero-order valence-electron chi connectivity index (χ0n) is 12.1. The van der Waals surface area contributed by atoms with Crippen LogP contribution in [0.2, 0.25) is 0 Å². The maximum atomic E-state index is 5.59. The fourth-order valence-corrected chi connectivity index (χ4v) is 1.34. The minimum Gasteiger partial charge on any atom is -0.407 e. The van der Waals surface area contributed by atoms with Crippen LogP contribution in [0.5, 0.6) is 0 Å². The molecule has 1 atom stereocenters. The van der Waals surface area contributed by atoms with Gasteiger partial charge in [-0.25, -0.2) is 0 Å². The van der Waals surface area contributed by atoms with Crippen LogP contribution in [-0.2, 0) is 11.3 Å². The third-order valence-electron chi connectivity index (χ3n) is 2.60. The van der Waals surface area contributed by atoms with E-state index in [4.69, 9.17) is 9.15 Å². The Labute approximate surface area is 109 Å². The van der Waals surface area contributed by atoms with Crippen LogP contribution in [0, 0.1) is 0 Å². The second-order valence-corrected chi connectivity index (χ2v) is 5.50. The van der Waals surface area contributed by atoms with Gasteiger partial charge in [-0.05, 0) is 27.7 Å². The number of aromatic nitrogens is 2. The highest BCUT2D eigenvalue weighted by Crippen LogP contribution is 2.14. The molecule has 18 heavy (non-hydrogen) atoms. The summed E-state index contributed by atoms with van der Waals surface area (Å²) in [6, 6.07) is 0.712. The molecule has 6 nitrogen and oxygen atoms in total. The predicted molar refractivity (Wildman–Crippen MR) is 70.6 cm³/mol. The summed E-state index contributed by atoms with van der Waals surface area (Å²) in [7, 11) is 3.59. The monoisotopic (exact) mass is 256 g/mol. The highest BCUT2D eigenvalue weighted by molar-refractivity contribution is 5.23. The first-order valence-electron chi connectivity index (χ1n) is 6.12. The molecule has 0 aliphatic rings. The Morgan fingerprint density at radius 2 is 2.06 bits per heavy atom. The molecule has 0 fully saturated rings. The molecule has 0 radical (unpaired) electrons. The number of hydrogen-bond acceptors (Lipinski definition) is 6. The summed E-state index contributed by atoms with van der Waals surface area (Å²) in [5.41, 5.74) is 0.0316. The predicted octanol–water partition coefficient (Wildman–Crippen LogP) is 1.43. The van der Waals surface area contributed by atoms with Gasteiger partial charge >= 0.3 is 6.01 Å². The average Bonchev–Trinajstić information content (AvgIpc) is 2.73. The van der Waals surface area contributed by atoms with Gasteiger partial charge in [0.2, 0.25) is 5.89 Å². The van der Waals surface area contributed by atoms with Crippen molar-refractivity contribution in [2.45, 2.75) is 45.8 Å². The summed E-state index contributed by atoms with van der Waals surface area (Å²) in [5.74, 6) is 0.594. The Bertz CT molecular complexity index is 359.